The van der Waals surface area contributed by atoms with Crippen LogP contribution in [0.5, 0.6) is 0 Å². The minimum Gasteiger partial charge on any atom is -0.374 e. The highest BCUT2D eigenvalue weighted by Crippen LogP contribution is 2.44. The Kier molecular flexibility index (Phi) is 5.54. The van der Waals surface area contributed by atoms with E-state index in [9.17, 15) is 0 Å². The third-order valence-corrected chi connectivity index (χ3v) is 7.24. The van der Waals surface area contributed by atoms with E-state index in [0.717, 1.165) is 29.7 Å². The Hall–Kier alpha value is 0.660. The van der Waals surface area contributed by atoms with E-state index in [4.69, 9.17) is 10.6 Å². The molecule has 2 aliphatic heterocycles. The minimum absolute atomic E-state index is 0.0974. The highest BCUT2D eigenvalue weighted by molar-refractivity contribution is 14.1. The summed E-state index contributed by atoms with van der Waals surface area (Å²) in [5, 5.41) is 0. The van der Waals surface area contributed by atoms with Crippen LogP contribution in [-0.2, 0) is 4.74 Å². The molecule has 2 fully saturated rings. The Morgan fingerprint density at radius 2 is 2.38 bits per heavy atom. The summed E-state index contributed by atoms with van der Waals surface area (Å²) in [6, 6.07) is 6.61. The summed E-state index contributed by atoms with van der Waals surface area (Å²) in [5.74, 6) is 8.82. The smallest absolute Gasteiger partial charge is 0.0783 e. The Bertz CT molecular complexity index is 510. The molecule has 2 heterocycles. The first-order chi connectivity index (χ1) is 10.1. The van der Waals surface area contributed by atoms with Crippen molar-refractivity contribution in [2.75, 3.05) is 18.1 Å². The van der Waals surface area contributed by atoms with E-state index in [2.05, 4.69) is 62.1 Å². The van der Waals surface area contributed by atoms with Gasteiger partial charge in [-0.05, 0) is 77.3 Å². The predicted molar refractivity (Wildman–Crippen MR) is 100 cm³/mol. The largest absolute Gasteiger partial charge is 0.374 e. The SMILES string of the molecule is NNC(c1cc(Br)ccc1I)C1CCOC2(CCSC2)C1. The van der Waals surface area contributed by atoms with Crippen LogP contribution in [0, 0.1) is 9.49 Å². The second kappa shape index (κ2) is 7.05. The lowest BCUT2D eigenvalue weighted by molar-refractivity contribution is -0.0854. The molecule has 3 rings (SSSR count). The monoisotopic (exact) mass is 482 g/mol. The first-order valence-corrected chi connectivity index (χ1v) is 10.3. The quantitative estimate of drug-likeness (QED) is 0.390. The standard InChI is InChI=1S/C15H20BrIN2OS/c16-11-1-2-13(17)12(7-11)14(19-18)10-3-5-20-15(8-10)4-6-21-9-15/h1-2,7,10,14,19H,3-6,8-9,18H2. The van der Waals surface area contributed by atoms with Crippen LogP contribution >= 0.6 is 50.3 Å². The second-order valence-corrected chi connectivity index (χ2v) is 9.08. The second-order valence-electron chi connectivity index (χ2n) is 5.90. The number of nitrogens with one attached hydrogen (secondary N) is 1. The van der Waals surface area contributed by atoms with Crippen LogP contribution in [0.4, 0.5) is 0 Å². The maximum atomic E-state index is 6.14. The highest BCUT2D eigenvalue weighted by atomic mass is 127. The van der Waals surface area contributed by atoms with Gasteiger partial charge in [0.2, 0.25) is 0 Å². The molecule has 3 unspecified atom stereocenters. The van der Waals surface area contributed by atoms with Gasteiger partial charge in [-0.1, -0.05) is 15.9 Å². The Labute approximate surface area is 152 Å². The summed E-state index contributed by atoms with van der Waals surface area (Å²) in [5.41, 5.74) is 4.46. The summed E-state index contributed by atoms with van der Waals surface area (Å²) in [6.07, 6.45) is 3.36. The summed E-state index contributed by atoms with van der Waals surface area (Å²) < 4.78 is 8.51. The number of halogens is 2. The normalized spacial score (nSPS) is 30.7. The van der Waals surface area contributed by atoms with E-state index in [-0.39, 0.29) is 11.6 Å². The number of hydrazine groups is 1. The van der Waals surface area contributed by atoms with Gasteiger partial charge in [0, 0.05) is 20.4 Å². The van der Waals surface area contributed by atoms with Gasteiger partial charge >= 0.3 is 0 Å². The van der Waals surface area contributed by atoms with E-state index in [1.807, 2.05) is 11.8 Å². The maximum Gasteiger partial charge on any atom is 0.0783 e. The third kappa shape index (κ3) is 3.61. The predicted octanol–water partition coefficient (Wildman–Crippen LogP) is 3.86. The van der Waals surface area contributed by atoms with Gasteiger partial charge in [-0.2, -0.15) is 11.8 Å². The van der Waals surface area contributed by atoms with Crippen molar-refractivity contribution in [3.63, 3.8) is 0 Å². The molecule has 0 amide bonds. The Morgan fingerprint density at radius 3 is 3.10 bits per heavy atom. The van der Waals surface area contributed by atoms with Gasteiger partial charge in [0.25, 0.3) is 0 Å². The van der Waals surface area contributed by atoms with Crippen molar-refractivity contribution in [2.45, 2.75) is 30.9 Å². The van der Waals surface area contributed by atoms with Crippen molar-refractivity contribution in [3.8, 4) is 0 Å². The molecule has 1 aromatic rings. The van der Waals surface area contributed by atoms with Crippen molar-refractivity contribution in [2.24, 2.45) is 11.8 Å². The van der Waals surface area contributed by atoms with E-state index in [0.29, 0.717) is 5.92 Å². The number of rotatable bonds is 3. The zero-order valence-electron chi connectivity index (χ0n) is 11.8. The summed E-state index contributed by atoms with van der Waals surface area (Å²) in [7, 11) is 0. The molecule has 2 saturated heterocycles. The number of thioether (sulfide) groups is 1. The topological polar surface area (TPSA) is 47.3 Å². The van der Waals surface area contributed by atoms with Crippen LogP contribution in [0.15, 0.2) is 22.7 Å². The molecule has 21 heavy (non-hydrogen) atoms. The Balaban J connectivity index is 1.84. The molecule has 6 heteroatoms. The van der Waals surface area contributed by atoms with Crippen molar-refractivity contribution < 1.29 is 4.74 Å². The van der Waals surface area contributed by atoms with E-state index in [1.54, 1.807) is 0 Å². The summed E-state index contributed by atoms with van der Waals surface area (Å²) in [6.45, 7) is 0.855. The zero-order chi connectivity index (χ0) is 14.9. The first kappa shape index (κ1) is 16.5. The maximum absolute atomic E-state index is 6.14. The highest BCUT2D eigenvalue weighted by Gasteiger charge is 2.42. The molecule has 0 radical (unpaired) electrons. The van der Waals surface area contributed by atoms with Crippen molar-refractivity contribution in [1.82, 2.24) is 5.43 Å². The fourth-order valence-electron chi connectivity index (χ4n) is 3.45. The molecule has 0 aliphatic carbocycles. The van der Waals surface area contributed by atoms with Gasteiger partial charge in [-0.3, -0.25) is 11.3 Å². The molecule has 0 aromatic heterocycles. The molecular weight excluding hydrogens is 463 g/mol. The van der Waals surface area contributed by atoms with Crippen molar-refractivity contribution >= 4 is 50.3 Å². The van der Waals surface area contributed by atoms with Gasteiger partial charge in [-0.15, -0.1) is 0 Å². The molecule has 3 nitrogen and oxygen atoms in total. The molecular formula is C15H20BrIN2OS. The van der Waals surface area contributed by atoms with Crippen molar-refractivity contribution in [1.29, 1.82) is 0 Å². The number of nitrogens with two attached hydrogens (primary N) is 1. The van der Waals surface area contributed by atoms with Gasteiger partial charge in [0.1, 0.15) is 0 Å². The zero-order valence-corrected chi connectivity index (χ0v) is 16.3. The lowest BCUT2D eigenvalue weighted by Gasteiger charge is -2.41. The van der Waals surface area contributed by atoms with Gasteiger partial charge in [0.05, 0.1) is 11.6 Å². The van der Waals surface area contributed by atoms with Crippen LogP contribution in [0.25, 0.3) is 0 Å². The summed E-state index contributed by atoms with van der Waals surface area (Å²) in [4.78, 5) is 0. The fraction of sp³-hybridized carbons (Fsp3) is 0.600. The van der Waals surface area contributed by atoms with Crippen LogP contribution in [-0.4, -0.2) is 23.7 Å². The number of hydrogen-bond acceptors (Lipinski definition) is 4. The van der Waals surface area contributed by atoms with Gasteiger partial charge in [0.15, 0.2) is 0 Å². The number of benzene rings is 1. The molecule has 3 atom stereocenters. The average Bonchev–Trinajstić information content (AvgIpc) is 2.91. The van der Waals surface area contributed by atoms with E-state index in [1.165, 1.54) is 21.3 Å². The summed E-state index contributed by atoms with van der Waals surface area (Å²) >= 11 is 7.99. The number of hydrogen-bond donors (Lipinski definition) is 2. The fourth-order valence-corrected chi connectivity index (χ4v) is 5.87. The van der Waals surface area contributed by atoms with Crippen molar-refractivity contribution in [3.05, 3.63) is 31.8 Å². The van der Waals surface area contributed by atoms with Crippen LogP contribution < -0.4 is 11.3 Å². The van der Waals surface area contributed by atoms with E-state index < -0.39 is 0 Å². The van der Waals surface area contributed by atoms with Gasteiger partial charge < -0.3 is 4.74 Å². The molecule has 0 saturated carbocycles. The molecule has 3 N–H and O–H groups in total. The van der Waals surface area contributed by atoms with Crippen LogP contribution in [0.1, 0.15) is 30.9 Å². The Morgan fingerprint density at radius 1 is 1.52 bits per heavy atom. The van der Waals surface area contributed by atoms with Crippen LogP contribution in [0.3, 0.4) is 0 Å². The molecule has 1 aromatic carbocycles. The van der Waals surface area contributed by atoms with E-state index >= 15 is 0 Å². The molecule has 2 aliphatic rings. The lowest BCUT2D eigenvalue weighted by Crippen LogP contribution is -2.45. The first-order valence-electron chi connectivity index (χ1n) is 7.26. The minimum atomic E-state index is 0.0974. The molecule has 0 bridgehead atoms. The molecule has 1 spiro atoms. The van der Waals surface area contributed by atoms with Crippen LogP contribution in [0.2, 0.25) is 0 Å². The average molecular weight is 483 g/mol. The molecule has 116 valence electrons. The van der Waals surface area contributed by atoms with Gasteiger partial charge in [-0.25, -0.2) is 0 Å². The number of ether oxygens (including phenoxy) is 1. The third-order valence-electron chi connectivity index (χ3n) is 4.54. The lowest BCUT2D eigenvalue weighted by atomic mass is 9.79.